The summed E-state index contributed by atoms with van der Waals surface area (Å²) in [5.74, 6) is -0.146. The molecule has 0 atom stereocenters. The first-order valence-electron chi connectivity index (χ1n) is 6.13. The maximum Gasteiger partial charge on any atom is 0.233 e. The van der Waals surface area contributed by atoms with E-state index in [0.29, 0.717) is 15.3 Å². The van der Waals surface area contributed by atoms with Crippen molar-refractivity contribution >= 4 is 44.5 Å². The predicted molar refractivity (Wildman–Crippen MR) is 84.1 cm³/mol. The quantitative estimate of drug-likeness (QED) is 0.756. The van der Waals surface area contributed by atoms with Crippen LogP contribution in [0.15, 0.2) is 41.9 Å². The Morgan fingerprint density at radius 1 is 1.14 bits per heavy atom. The van der Waals surface area contributed by atoms with Gasteiger partial charge in [0.05, 0.1) is 6.42 Å². The van der Waals surface area contributed by atoms with E-state index in [-0.39, 0.29) is 12.3 Å². The zero-order chi connectivity index (χ0) is 14.5. The molecule has 2 N–H and O–H groups in total. The van der Waals surface area contributed by atoms with Crippen LogP contribution < -0.4 is 10.6 Å². The van der Waals surface area contributed by atoms with Crippen molar-refractivity contribution < 1.29 is 4.79 Å². The third kappa shape index (κ3) is 3.83. The number of anilines is 3. The average molecular weight is 317 g/mol. The van der Waals surface area contributed by atoms with Crippen LogP contribution in [0.1, 0.15) is 5.01 Å². The van der Waals surface area contributed by atoms with Gasteiger partial charge in [-0.1, -0.05) is 29.5 Å². The molecule has 21 heavy (non-hydrogen) atoms. The highest BCUT2D eigenvalue weighted by atomic mass is 32.1. The van der Waals surface area contributed by atoms with Crippen molar-refractivity contribution in [3.05, 3.63) is 46.9 Å². The van der Waals surface area contributed by atoms with Gasteiger partial charge in [0.2, 0.25) is 11.0 Å². The van der Waals surface area contributed by atoms with Crippen LogP contribution >= 0.6 is 22.7 Å². The van der Waals surface area contributed by atoms with Gasteiger partial charge in [-0.05, 0) is 12.1 Å². The van der Waals surface area contributed by atoms with Crippen molar-refractivity contribution in [2.75, 3.05) is 10.6 Å². The van der Waals surface area contributed by atoms with E-state index in [1.807, 2.05) is 35.7 Å². The number of hydrogen-bond acceptors (Lipinski definition) is 7. The molecule has 0 spiro atoms. The van der Waals surface area contributed by atoms with Gasteiger partial charge in [-0.3, -0.25) is 4.79 Å². The number of nitrogens with zero attached hydrogens (tertiary/aromatic N) is 3. The molecule has 0 fully saturated rings. The second-order valence-electron chi connectivity index (χ2n) is 4.05. The van der Waals surface area contributed by atoms with Gasteiger partial charge in [0.15, 0.2) is 5.13 Å². The van der Waals surface area contributed by atoms with Gasteiger partial charge in [0.1, 0.15) is 5.01 Å². The van der Waals surface area contributed by atoms with Crippen LogP contribution in [-0.4, -0.2) is 21.1 Å². The Balaban J connectivity index is 1.59. The maximum atomic E-state index is 11.8. The molecule has 6 nitrogen and oxygen atoms in total. The monoisotopic (exact) mass is 317 g/mol. The number of amides is 1. The highest BCUT2D eigenvalue weighted by molar-refractivity contribution is 7.15. The van der Waals surface area contributed by atoms with Crippen molar-refractivity contribution in [1.29, 1.82) is 0 Å². The second-order valence-corrected chi connectivity index (χ2v) is 6.01. The van der Waals surface area contributed by atoms with E-state index in [2.05, 4.69) is 25.8 Å². The molecule has 2 heterocycles. The SMILES string of the molecule is O=C(Cc1nnc(Nc2ccccc2)s1)Nc1nccs1. The lowest BCUT2D eigenvalue weighted by molar-refractivity contribution is -0.115. The summed E-state index contributed by atoms with van der Waals surface area (Å²) in [5, 5.41) is 17.6. The summed E-state index contributed by atoms with van der Waals surface area (Å²) in [7, 11) is 0. The molecule has 0 aliphatic rings. The van der Waals surface area contributed by atoms with E-state index in [4.69, 9.17) is 0 Å². The van der Waals surface area contributed by atoms with Crippen molar-refractivity contribution in [3.8, 4) is 0 Å². The minimum absolute atomic E-state index is 0.146. The highest BCUT2D eigenvalue weighted by Crippen LogP contribution is 2.21. The first-order chi connectivity index (χ1) is 10.3. The summed E-state index contributed by atoms with van der Waals surface area (Å²) in [6.45, 7) is 0. The molecule has 1 amide bonds. The number of benzene rings is 1. The molecule has 1 aromatic carbocycles. The summed E-state index contributed by atoms with van der Waals surface area (Å²) >= 11 is 2.74. The Morgan fingerprint density at radius 3 is 2.76 bits per heavy atom. The molecular formula is C13H11N5OS2. The van der Waals surface area contributed by atoms with Crippen molar-refractivity contribution in [2.24, 2.45) is 0 Å². The normalized spacial score (nSPS) is 10.3. The van der Waals surface area contributed by atoms with Crippen LogP contribution in [0.25, 0.3) is 0 Å². The number of hydrogen-bond donors (Lipinski definition) is 2. The number of para-hydroxylation sites is 1. The molecule has 0 radical (unpaired) electrons. The molecule has 106 valence electrons. The summed E-state index contributed by atoms with van der Waals surface area (Å²) in [6.07, 6.45) is 1.83. The molecule has 3 aromatic rings. The number of rotatable bonds is 5. The third-order valence-electron chi connectivity index (χ3n) is 2.48. The van der Waals surface area contributed by atoms with Crippen LogP contribution in [0.3, 0.4) is 0 Å². The Morgan fingerprint density at radius 2 is 2.00 bits per heavy atom. The summed E-state index contributed by atoms with van der Waals surface area (Å²) in [4.78, 5) is 15.8. The zero-order valence-corrected chi connectivity index (χ0v) is 12.4. The first-order valence-corrected chi connectivity index (χ1v) is 7.83. The standard InChI is InChI=1S/C13H11N5OS2/c19-10(16-12-14-6-7-20-12)8-11-17-18-13(21-11)15-9-4-2-1-3-5-9/h1-7H,8H2,(H,15,18)(H,14,16,19). The Labute approximate surface area is 128 Å². The van der Waals surface area contributed by atoms with Gasteiger partial charge in [-0.15, -0.1) is 21.5 Å². The fourth-order valence-electron chi connectivity index (χ4n) is 1.61. The van der Waals surface area contributed by atoms with Crippen LogP contribution in [0.2, 0.25) is 0 Å². The lowest BCUT2D eigenvalue weighted by Crippen LogP contribution is -2.13. The number of carbonyl (C=O) groups is 1. The van der Waals surface area contributed by atoms with Gasteiger partial charge < -0.3 is 10.6 Å². The zero-order valence-electron chi connectivity index (χ0n) is 10.8. The summed E-state index contributed by atoms with van der Waals surface area (Å²) < 4.78 is 0. The topological polar surface area (TPSA) is 79.8 Å². The van der Waals surface area contributed by atoms with Gasteiger partial charge >= 0.3 is 0 Å². The van der Waals surface area contributed by atoms with E-state index in [9.17, 15) is 4.79 Å². The van der Waals surface area contributed by atoms with E-state index in [1.165, 1.54) is 22.7 Å². The number of aromatic nitrogens is 3. The van der Waals surface area contributed by atoms with Crippen LogP contribution in [0, 0.1) is 0 Å². The Hall–Kier alpha value is -2.32. The van der Waals surface area contributed by atoms with Crippen molar-refractivity contribution in [2.45, 2.75) is 6.42 Å². The number of nitrogens with one attached hydrogen (secondary N) is 2. The van der Waals surface area contributed by atoms with E-state index >= 15 is 0 Å². The largest absolute Gasteiger partial charge is 0.330 e. The first kappa shape index (κ1) is 13.7. The van der Waals surface area contributed by atoms with E-state index < -0.39 is 0 Å². The lowest BCUT2D eigenvalue weighted by Gasteiger charge is -1.99. The van der Waals surface area contributed by atoms with Crippen molar-refractivity contribution in [3.63, 3.8) is 0 Å². The molecule has 0 saturated heterocycles. The molecule has 3 rings (SSSR count). The average Bonchev–Trinajstić information content (AvgIpc) is 3.12. The van der Waals surface area contributed by atoms with Gasteiger partial charge in [0.25, 0.3) is 0 Å². The molecule has 2 aromatic heterocycles. The Kier molecular flexibility index (Phi) is 4.17. The molecule has 0 aliphatic carbocycles. The van der Waals surface area contributed by atoms with E-state index in [0.717, 1.165) is 5.69 Å². The van der Waals surface area contributed by atoms with Crippen LogP contribution in [0.4, 0.5) is 16.0 Å². The number of thiazole rings is 1. The molecule has 8 heteroatoms. The fraction of sp³-hybridized carbons (Fsp3) is 0.0769. The molecule has 0 unspecified atom stereocenters. The third-order valence-corrected chi connectivity index (χ3v) is 4.01. The van der Waals surface area contributed by atoms with Crippen LogP contribution in [-0.2, 0) is 11.2 Å². The minimum Gasteiger partial charge on any atom is -0.330 e. The predicted octanol–water partition coefficient (Wildman–Crippen LogP) is 2.92. The molecule has 0 saturated carbocycles. The smallest absolute Gasteiger partial charge is 0.233 e. The van der Waals surface area contributed by atoms with Crippen LogP contribution in [0.5, 0.6) is 0 Å². The van der Waals surface area contributed by atoms with Crippen molar-refractivity contribution in [1.82, 2.24) is 15.2 Å². The fourth-order valence-corrected chi connectivity index (χ4v) is 2.91. The molecule has 0 bridgehead atoms. The highest BCUT2D eigenvalue weighted by Gasteiger charge is 2.10. The summed E-state index contributed by atoms with van der Waals surface area (Å²) in [6, 6.07) is 9.70. The number of carbonyl (C=O) groups excluding carboxylic acids is 1. The second kappa shape index (κ2) is 6.42. The van der Waals surface area contributed by atoms with Gasteiger partial charge in [-0.2, -0.15) is 0 Å². The Bertz CT molecular complexity index is 711. The van der Waals surface area contributed by atoms with Gasteiger partial charge in [0, 0.05) is 17.3 Å². The lowest BCUT2D eigenvalue weighted by atomic mass is 10.3. The van der Waals surface area contributed by atoms with E-state index in [1.54, 1.807) is 6.20 Å². The van der Waals surface area contributed by atoms with Gasteiger partial charge in [-0.25, -0.2) is 4.98 Å². The minimum atomic E-state index is -0.146. The maximum absolute atomic E-state index is 11.8. The molecular weight excluding hydrogens is 306 g/mol. The summed E-state index contributed by atoms with van der Waals surface area (Å²) in [5.41, 5.74) is 0.937. The molecule has 0 aliphatic heterocycles.